The van der Waals surface area contributed by atoms with Gasteiger partial charge in [0.05, 0.1) is 5.69 Å². The molecular weight excluding hydrogens is 200 g/mol. The molecule has 1 aromatic heterocycles. The minimum atomic E-state index is 0.389. The van der Waals surface area contributed by atoms with Crippen molar-refractivity contribution in [3.8, 4) is 0 Å². The summed E-state index contributed by atoms with van der Waals surface area (Å²) in [5, 5.41) is 0. The molecule has 4 nitrogen and oxygen atoms in total. The second-order valence-corrected chi connectivity index (χ2v) is 4.65. The van der Waals surface area contributed by atoms with Crippen LogP contribution in [-0.4, -0.2) is 23.6 Å². The third-order valence-corrected chi connectivity index (χ3v) is 3.16. The summed E-state index contributed by atoms with van der Waals surface area (Å²) in [7, 11) is 2.09. The van der Waals surface area contributed by atoms with Crippen LogP contribution in [0.3, 0.4) is 0 Å². The van der Waals surface area contributed by atoms with Gasteiger partial charge in [-0.25, -0.2) is 4.98 Å². The van der Waals surface area contributed by atoms with E-state index in [2.05, 4.69) is 35.8 Å². The smallest absolute Gasteiger partial charge is 0.222 e. The first kappa shape index (κ1) is 11.2. The molecule has 1 aliphatic rings. The Labute approximate surface area is 96.9 Å². The topological polar surface area (TPSA) is 55.0 Å². The van der Waals surface area contributed by atoms with Crippen LogP contribution in [0.4, 0.5) is 11.8 Å². The Bertz CT molecular complexity index is 385. The van der Waals surface area contributed by atoms with Crippen molar-refractivity contribution in [1.29, 1.82) is 0 Å². The number of hydrogen-bond donors (Lipinski definition) is 1. The number of aryl methyl sites for hydroxylation is 1. The summed E-state index contributed by atoms with van der Waals surface area (Å²) in [6.45, 7) is 5.26. The third kappa shape index (κ3) is 2.26. The number of nitrogens with two attached hydrogens (primary N) is 1. The fourth-order valence-electron chi connectivity index (χ4n) is 2.06. The molecule has 88 valence electrons. The van der Waals surface area contributed by atoms with Crippen LogP contribution in [0.15, 0.2) is 0 Å². The third-order valence-electron chi connectivity index (χ3n) is 3.16. The molecule has 0 aromatic carbocycles. The van der Waals surface area contributed by atoms with Crippen LogP contribution in [-0.2, 0) is 6.42 Å². The first-order valence-electron chi connectivity index (χ1n) is 5.96. The van der Waals surface area contributed by atoms with Crippen LogP contribution in [0, 0.1) is 12.8 Å². The summed E-state index contributed by atoms with van der Waals surface area (Å²) >= 11 is 0. The Morgan fingerprint density at radius 3 is 2.62 bits per heavy atom. The molecule has 2 N–H and O–H groups in total. The van der Waals surface area contributed by atoms with E-state index in [1.165, 1.54) is 18.4 Å². The summed E-state index contributed by atoms with van der Waals surface area (Å²) < 4.78 is 0. The maximum atomic E-state index is 5.74. The van der Waals surface area contributed by atoms with Gasteiger partial charge in [-0.2, -0.15) is 4.98 Å². The molecule has 0 atom stereocenters. The molecule has 16 heavy (non-hydrogen) atoms. The Hall–Kier alpha value is -1.32. The average molecular weight is 220 g/mol. The quantitative estimate of drug-likeness (QED) is 0.840. The first-order chi connectivity index (χ1) is 7.61. The van der Waals surface area contributed by atoms with Crippen LogP contribution >= 0.6 is 0 Å². The number of hydrogen-bond acceptors (Lipinski definition) is 4. The van der Waals surface area contributed by atoms with Gasteiger partial charge >= 0.3 is 0 Å². The molecule has 0 amide bonds. The normalized spacial score (nSPS) is 15.2. The summed E-state index contributed by atoms with van der Waals surface area (Å²) in [6, 6.07) is 0. The van der Waals surface area contributed by atoms with Gasteiger partial charge in [-0.3, -0.25) is 0 Å². The molecular formula is C12H20N4. The van der Waals surface area contributed by atoms with E-state index in [0.717, 1.165) is 30.4 Å². The number of rotatable bonds is 4. The lowest BCUT2D eigenvalue weighted by Crippen LogP contribution is -2.23. The number of anilines is 2. The maximum absolute atomic E-state index is 5.74. The first-order valence-corrected chi connectivity index (χ1v) is 5.96. The van der Waals surface area contributed by atoms with Gasteiger partial charge in [0.15, 0.2) is 0 Å². The zero-order valence-corrected chi connectivity index (χ0v) is 10.3. The van der Waals surface area contributed by atoms with E-state index in [0.29, 0.717) is 5.95 Å². The van der Waals surface area contributed by atoms with Gasteiger partial charge in [0.25, 0.3) is 0 Å². The van der Waals surface area contributed by atoms with E-state index in [-0.39, 0.29) is 0 Å². The molecule has 4 heteroatoms. The van der Waals surface area contributed by atoms with Gasteiger partial charge in [0, 0.05) is 19.2 Å². The number of nitrogens with zero attached hydrogens (tertiary/aromatic N) is 3. The highest BCUT2D eigenvalue weighted by atomic mass is 15.2. The minimum Gasteiger partial charge on any atom is -0.368 e. The predicted molar refractivity (Wildman–Crippen MR) is 66.6 cm³/mol. The molecule has 0 spiro atoms. The van der Waals surface area contributed by atoms with Gasteiger partial charge in [-0.1, -0.05) is 6.92 Å². The molecule has 1 heterocycles. The van der Waals surface area contributed by atoms with E-state index in [9.17, 15) is 0 Å². The average Bonchev–Trinajstić information content (AvgIpc) is 3.04. The maximum Gasteiger partial charge on any atom is 0.222 e. The monoisotopic (exact) mass is 220 g/mol. The van der Waals surface area contributed by atoms with Crippen molar-refractivity contribution in [2.75, 3.05) is 24.2 Å². The summed E-state index contributed by atoms with van der Waals surface area (Å²) in [5.74, 6) is 2.24. The van der Waals surface area contributed by atoms with Crippen LogP contribution in [0.2, 0.25) is 0 Å². The van der Waals surface area contributed by atoms with E-state index in [1.54, 1.807) is 0 Å². The SMILES string of the molecule is CCc1nc(N)nc(N(C)CC2CC2)c1C. The van der Waals surface area contributed by atoms with Crippen LogP contribution in [0.1, 0.15) is 31.0 Å². The molecule has 1 fully saturated rings. The van der Waals surface area contributed by atoms with Crippen molar-refractivity contribution in [2.45, 2.75) is 33.1 Å². The van der Waals surface area contributed by atoms with Gasteiger partial charge < -0.3 is 10.6 Å². The van der Waals surface area contributed by atoms with Gasteiger partial charge in [0.2, 0.25) is 5.95 Å². The van der Waals surface area contributed by atoms with Gasteiger partial charge in [0.1, 0.15) is 5.82 Å². The zero-order valence-electron chi connectivity index (χ0n) is 10.3. The second-order valence-electron chi connectivity index (χ2n) is 4.65. The largest absolute Gasteiger partial charge is 0.368 e. The van der Waals surface area contributed by atoms with Crippen molar-refractivity contribution in [3.05, 3.63) is 11.3 Å². The van der Waals surface area contributed by atoms with Gasteiger partial charge in [-0.15, -0.1) is 0 Å². The van der Waals surface area contributed by atoms with Crippen molar-refractivity contribution in [3.63, 3.8) is 0 Å². The number of aromatic nitrogens is 2. The molecule has 1 aromatic rings. The van der Waals surface area contributed by atoms with Crippen molar-refractivity contribution in [1.82, 2.24) is 9.97 Å². The molecule has 0 saturated heterocycles. The van der Waals surface area contributed by atoms with Crippen molar-refractivity contribution in [2.24, 2.45) is 5.92 Å². The Kier molecular flexibility index (Phi) is 2.99. The van der Waals surface area contributed by atoms with Crippen molar-refractivity contribution < 1.29 is 0 Å². The second kappa shape index (κ2) is 4.28. The molecule has 0 radical (unpaired) electrons. The molecule has 0 aliphatic heterocycles. The molecule has 1 saturated carbocycles. The molecule has 0 bridgehead atoms. The highest BCUT2D eigenvalue weighted by molar-refractivity contribution is 5.50. The van der Waals surface area contributed by atoms with Crippen LogP contribution in [0.5, 0.6) is 0 Å². The molecule has 1 aliphatic carbocycles. The zero-order chi connectivity index (χ0) is 11.7. The highest BCUT2D eigenvalue weighted by Gasteiger charge is 2.24. The summed E-state index contributed by atoms with van der Waals surface area (Å²) in [5.41, 5.74) is 7.97. The summed E-state index contributed by atoms with van der Waals surface area (Å²) in [4.78, 5) is 10.8. The van der Waals surface area contributed by atoms with E-state index >= 15 is 0 Å². The standard InChI is InChI=1S/C12H20N4/c1-4-10-8(2)11(15-12(13)14-10)16(3)7-9-5-6-9/h9H,4-7H2,1-3H3,(H2,13,14,15). The fourth-order valence-corrected chi connectivity index (χ4v) is 2.06. The summed E-state index contributed by atoms with van der Waals surface area (Å²) in [6.07, 6.45) is 3.61. The Morgan fingerprint density at radius 1 is 1.38 bits per heavy atom. The lowest BCUT2D eigenvalue weighted by Gasteiger charge is -2.21. The van der Waals surface area contributed by atoms with E-state index in [4.69, 9.17) is 5.73 Å². The van der Waals surface area contributed by atoms with E-state index < -0.39 is 0 Å². The number of nitrogen functional groups attached to an aromatic ring is 1. The fraction of sp³-hybridized carbons (Fsp3) is 0.667. The molecule has 0 unspecified atom stereocenters. The van der Waals surface area contributed by atoms with Crippen LogP contribution < -0.4 is 10.6 Å². The predicted octanol–water partition coefficient (Wildman–Crippen LogP) is 1.78. The Balaban J connectivity index is 2.26. The lowest BCUT2D eigenvalue weighted by molar-refractivity contribution is 0.770. The minimum absolute atomic E-state index is 0.389. The van der Waals surface area contributed by atoms with E-state index in [1.807, 2.05) is 0 Å². The molecule has 2 rings (SSSR count). The van der Waals surface area contributed by atoms with Gasteiger partial charge in [-0.05, 0) is 32.1 Å². The highest BCUT2D eigenvalue weighted by Crippen LogP contribution is 2.31. The van der Waals surface area contributed by atoms with Crippen LogP contribution in [0.25, 0.3) is 0 Å². The lowest BCUT2D eigenvalue weighted by atomic mass is 10.2. The Morgan fingerprint density at radius 2 is 2.06 bits per heavy atom. The van der Waals surface area contributed by atoms with Crippen molar-refractivity contribution >= 4 is 11.8 Å².